The molecule has 1 N–H and O–H groups in total. The van der Waals surface area contributed by atoms with Crippen molar-refractivity contribution in [1.29, 1.82) is 0 Å². The molecule has 34 heavy (non-hydrogen) atoms. The van der Waals surface area contributed by atoms with Gasteiger partial charge in [0.05, 0.1) is 18.5 Å². The van der Waals surface area contributed by atoms with E-state index >= 15 is 0 Å². The molecule has 5 rings (SSSR count). The predicted octanol–water partition coefficient (Wildman–Crippen LogP) is 5.89. The maximum Gasteiger partial charge on any atom is 0.330 e. The fourth-order valence-electron chi connectivity index (χ4n) is 3.88. The van der Waals surface area contributed by atoms with E-state index in [0.717, 1.165) is 27.6 Å². The number of fused-ring (bicyclic) bond motifs is 1. The molecule has 0 aliphatic heterocycles. The maximum absolute atomic E-state index is 12.8. The maximum atomic E-state index is 12.8. The third-order valence-electron chi connectivity index (χ3n) is 5.73. The lowest BCUT2D eigenvalue weighted by Gasteiger charge is -2.04. The van der Waals surface area contributed by atoms with Crippen molar-refractivity contribution in [2.75, 3.05) is 7.11 Å². The van der Waals surface area contributed by atoms with E-state index in [4.69, 9.17) is 4.74 Å². The molecule has 0 fully saturated rings. The number of imidazole rings is 1. The molecule has 0 radical (unpaired) electrons. The zero-order valence-corrected chi connectivity index (χ0v) is 18.6. The van der Waals surface area contributed by atoms with E-state index in [1.54, 1.807) is 37.6 Å². The topological polar surface area (TPSA) is 64.1 Å². The molecule has 0 amide bonds. The van der Waals surface area contributed by atoms with Gasteiger partial charge in [0.15, 0.2) is 5.78 Å². The van der Waals surface area contributed by atoms with Crippen LogP contribution in [0.2, 0.25) is 0 Å². The molecule has 0 spiro atoms. The zero-order chi connectivity index (χ0) is 23.5. The largest absolute Gasteiger partial charge is 0.497 e. The minimum absolute atomic E-state index is 0.143. The Bertz CT molecular complexity index is 1570. The number of rotatable bonds is 6. The lowest BCUT2D eigenvalue weighted by atomic mass is 10.1. The fraction of sp³-hybridized carbons (Fsp3) is 0.0345. The first-order chi connectivity index (χ1) is 16.6. The van der Waals surface area contributed by atoms with Gasteiger partial charge >= 0.3 is 5.69 Å². The number of carbonyl (C=O) groups excluding carboxylic acids is 1. The summed E-state index contributed by atoms with van der Waals surface area (Å²) in [6, 6.07) is 28.7. The summed E-state index contributed by atoms with van der Waals surface area (Å²) in [6.45, 7) is 0. The quantitative estimate of drug-likeness (QED) is 0.261. The number of benzene rings is 4. The number of hydrogen-bond donors (Lipinski definition) is 1. The first kappa shape index (κ1) is 21.2. The molecule has 1 heterocycles. The van der Waals surface area contributed by atoms with Gasteiger partial charge in [0, 0.05) is 17.3 Å². The molecule has 5 heteroatoms. The van der Waals surface area contributed by atoms with Crippen molar-refractivity contribution < 1.29 is 9.53 Å². The van der Waals surface area contributed by atoms with Crippen LogP contribution in [0, 0.1) is 0 Å². The van der Waals surface area contributed by atoms with Gasteiger partial charge in [-0.25, -0.2) is 4.79 Å². The Morgan fingerprint density at radius 1 is 0.882 bits per heavy atom. The Morgan fingerprint density at radius 3 is 2.47 bits per heavy atom. The molecule has 0 unspecified atom stereocenters. The molecule has 0 atom stereocenters. The summed E-state index contributed by atoms with van der Waals surface area (Å²) in [7, 11) is 1.61. The second-order valence-corrected chi connectivity index (χ2v) is 7.93. The van der Waals surface area contributed by atoms with E-state index in [1.165, 1.54) is 10.6 Å². The first-order valence-corrected chi connectivity index (χ1v) is 10.9. The van der Waals surface area contributed by atoms with Crippen molar-refractivity contribution in [2.45, 2.75) is 0 Å². The highest BCUT2D eigenvalue weighted by Crippen LogP contribution is 2.23. The molecule has 0 bridgehead atoms. The number of nitrogens with one attached hydrogen (secondary N) is 1. The fourth-order valence-corrected chi connectivity index (χ4v) is 3.88. The van der Waals surface area contributed by atoms with Gasteiger partial charge in [-0.3, -0.25) is 9.36 Å². The van der Waals surface area contributed by atoms with Crippen molar-refractivity contribution in [3.05, 3.63) is 125 Å². The Morgan fingerprint density at radius 2 is 1.68 bits per heavy atom. The van der Waals surface area contributed by atoms with Gasteiger partial charge in [-0.05, 0) is 52.7 Å². The van der Waals surface area contributed by atoms with Crippen molar-refractivity contribution >= 4 is 22.6 Å². The van der Waals surface area contributed by atoms with Gasteiger partial charge in [0.25, 0.3) is 0 Å². The standard InChI is InChI=1S/C29H22N2O3/c1-34-26-14-9-20(10-15-26)11-16-28(32)24-7-4-8-25(18-24)31-19-27(30-29(31)33)23-13-12-21-5-2-3-6-22(21)17-23/h2-19H,1H3,(H,30,33). The lowest BCUT2D eigenvalue weighted by Crippen LogP contribution is -2.14. The number of ether oxygens (including phenoxy) is 1. The van der Waals surface area contributed by atoms with E-state index in [1.807, 2.05) is 60.7 Å². The van der Waals surface area contributed by atoms with Gasteiger partial charge in [-0.15, -0.1) is 0 Å². The summed E-state index contributed by atoms with van der Waals surface area (Å²) in [5.41, 5.74) is 3.39. The molecule has 0 aliphatic carbocycles. The SMILES string of the molecule is COc1ccc(C=CC(=O)c2cccc(-n3cc(-c4ccc5ccccc5c4)[nH]c3=O)c2)cc1. The minimum atomic E-state index is -0.262. The van der Waals surface area contributed by atoms with Crippen LogP contribution in [-0.4, -0.2) is 22.4 Å². The van der Waals surface area contributed by atoms with Gasteiger partial charge in [-0.1, -0.05) is 66.7 Å². The molecular weight excluding hydrogens is 424 g/mol. The second-order valence-electron chi connectivity index (χ2n) is 7.93. The molecule has 5 nitrogen and oxygen atoms in total. The van der Waals surface area contributed by atoms with Gasteiger partial charge in [-0.2, -0.15) is 0 Å². The van der Waals surface area contributed by atoms with Crippen LogP contribution in [0.5, 0.6) is 5.75 Å². The normalized spacial score (nSPS) is 11.2. The van der Waals surface area contributed by atoms with Crippen molar-refractivity contribution in [1.82, 2.24) is 9.55 Å². The van der Waals surface area contributed by atoms with E-state index in [0.29, 0.717) is 16.9 Å². The van der Waals surface area contributed by atoms with Crippen LogP contribution in [0.3, 0.4) is 0 Å². The van der Waals surface area contributed by atoms with Crippen molar-refractivity contribution in [3.8, 4) is 22.7 Å². The first-order valence-electron chi connectivity index (χ1n) is 10.9. The summed E-state index contributed by atoms with van der Waals surface area (Å²) < 4.78 is 6.68. The third kappa shape index (κ3) is 4.32. The second kappa shape index (κ2) is 9.08. The molecule has 0 aliphatic rings. The van der Waals surface area contributed by atoms with Gasteiger partial charge in [0.1, 0.15) is 5.75 Å². The molecular formula is C29H22N2O3. The Balaban J connectivity index is 1.41. The number of methoxy groups -OCH3 is 1. The van der Waals surface area contributed by atoms with Crippen LogP contribution in [0.4, 0.5) is 0 Å². The number of H-pyrrole nitrogens is 1. The summed E-state index contributed by atoms with van der Waals surface area (Å²) in [6.07, 6.45) is 5.05. The van der Waals surface area contributed by atoms with Crippen LogP contribution in [-0.2, 0) is 0 Å². The number of nitrogens with zero attached hydrogens (tertiary/aromatic N) is 1. The summed E-state index contributed by atoms with van der Waals surface area (Å²) in [5, 5.41) is 2.24. The minimum Gasteiger partial charge on any atom is -0.497 e. The average molecular weight is 447 g/mol. The van der Waals surface area contributed by atoms with Crippen LogP contribution < -0.4 is 10.4 Å². The number of ketones is 1. The molecule has 4 aromatic carbocycles. The Kier molecular flexibility index (Phi) is 5.67. The summed E-state index contributed by atoms with van der Waals surface area (Å²) in [4.78, 5) is 28.4. The lowest BCUT2D eigenvalue weighted by molar-refractivity contribution is 0.104. The van der Waals surface area contributed by atoms with Gasteiger partial charge in [0.2, 0.25) is 0 Å². The van der Waals surface area contributed by atoms with Crippen LogP contribution in [0.1, 0.15) is 15.9 Å². The molecule has 0 saturated carbocycles. The molecule has 0 saturated heterocycles. The van der Waals surface area contributed by atoms with Crippen LogP contribution in [0.25, 0.3) is 33.8 Å². The van der Waals surface area contributed by atoms with E-state index in [-0.39, 0.29) is 11.5 Å². The molecule has 5 aromatic rings. The zero-order valence-electron chi connectivity index (χ0n) is 18.6. The highest BCUT2D eigenvalue weighted by Gasteiger charge is 2.10. The number of aromatic amines is 1. The smallest absolute Gasteiger partial charge is 0.330 e. The van der Waals surface area contributed by atoms with Crippen molar-refractivity contribution in [3.63, 3.8) is 0 Å². The number of aromatic nitrogens is 2. The van der Waals surface area contributed by atoms with E-state index < -0.39 is 0 Å². The average Bonchev–Trinajstić information content (AvgIpc) is 3.29. The highest BCUT2D eigenvalue weighted by molar-refractivity contribution is 6.07. The number of allylic oxidation sites excluding steroid dienone is 1. The van der Waals surface area contributed by atoms with Crippen molar-refractivity contribution in [2.24, 2.45) is 0 Å². The predicted molar refractivity (Wildman–Crippen MR) is 136 cm³/mol. The summed E-state index contributed by atoms with van der Waals surface area (Å²) >= 11 is 0. The Labute approximate surface area is 196 Å². The highest BCUT2D eigenvalue weighted by atomic mass is 16.5. The van der Waals surface area contributed by atoms with Crippen LogP contribution in [0.15, 0.2) is 108 Å². The molecule has 1 aromatic heterocycles. The third-order valence-corrected chi connectivity index (χ3v) is 5.73. The van der Waals surface area contributed by atoms with Gasteiger partial charge < -0.3 is 9.72 Å². The van der Waals surface area contributed by atoms with E-state index in [9.17, 15) is 9.59 Å². The Hall–Kier alpha value is -4.64. The monoisotopic (exact) mass is 446 g/mol. The number of carbonyl (C=O) groups is 1. The summed E-state index contributed by atoms with van der Waals surface area (Å²) in [5.74, 6) is 0.618. The van der Waals surface area contributed by atoms with Crippen LogP contribution >= 0.6 is 0 Å². The van der Waals surface area contributed by atoms with E-state index in [2.05, 4.69) is 17.1 Å². The number of hydrogen-bond acceptors (Lipinski definition) is 3. The molecule has 166 valence electrons.